The maximum Gasteiger partial charge on any atom is 0.255 e. The van der Waals surface area contributed by atoms with Crippen molar-refractivity contribution in [3.8, 4) is 17.2 Å². The molecule has 6 heteroatoms. The van der Waals surface area contributed by atoms with Gasteiger partial charge in [-0.05, 0) is 31.2 Å². The molecule has 0 bridgehead atoms. The number of hydrogen-bond acceptors (Lipinski definition) is 5. The van der Waals surface area contributed by atoms with Gasteiger partial charge in [-0.15, -0.1) is 0 Å². The second-order valence-corrected chi connectivity index (χ2v) is 6.21. The quantitative estimate of drug-likeness (QED) is 0.686. The van der Waals surface area contributed by atoms with Crippen LogP contribution in [0.15, 0.2) is 46.9 Å². The molecule has 3 rings (SSSR count). The van der Waals surface area contributed by atoms with Crippen molar-refractivity contribution in [2.24, 2.45) is 0 Å². The molecule has 0 saturated heterocycles. The zero-order chi connectivity index (χ0) is 19.4. The average molecular weight is 369 g/mol. The molecule has 1 atom stereocenters. The summed E-state index contributed by atoms with van der Waals surface area (Å²) in [5.74, 6) is 1.80. The number of furan rings is 1. The lowest BCUT2D eigenvalue weighted by Crippen LogP contribution is -2.34. The summed E-state index contributed by atoms with van der Waals surface area (Å²) in [5, 5.41) is 4.03. The van der Waals surface area contributed by atoms with Gasteiger partial charge in [-0.2, -0.15) is 0 Å². The lowest BCUT2D eigenvalue weighted by Gasteiger charge is -2.17. The van der Waals surface area contributed by atoms with E-state index in [1.165, 1.54) is 21.3 Å². The van der Waals surface area contributed by atoms with E-state index in [1.54, 1.807) is 12.1 Å². The van der Waals surface area contributed by atoms with Crippen molar-refractivity contribution in [2.75, 3.05) is 21.3 Å². The highest BCUT2D eigenvalue weighted by Crippen LogP contribution is 2.39. The molecule has 0 fully saturated rings. The van der Waals surface area contributed by atoms with Crippen LogP contribution in [0.3, 0.4) is 0 Å². The second kappa shape index (κ2) is 8.03. The Morgan fingerprint density at radius 2 is 1.78 bits per heavy atom. The Labute approximate surface area is 158 Å². The molecule has 0 aliphatic rings. The highest BCUT2D eigenvalue weighted by molar-refractivity contribution is 5.98. The van der Waals surface area contributed by atoms with Gasteiger partial charge in [0.05, 0.1) is 26.9 Å². The standard InChI is InChI=1S/C21H23NO5/c1-13(11-15-12-14-7-5-6-8-17(14)27-15)22-21(23)16-9-10-18(24-2)20(26-4)19(16)25-3/h5-10,12-13H,11H2,1-4H3,(H,22,23). The average Bonchev–Trinajstić information content (AvgIpc) is 3.08. The molecule has 0 aliphatic carbocycles. The Morgan fingerprint density at radius 1 is 1.04 bits per heavy atom. The number of amides is 1. The number of methoxy groups -OCH3 is 3. The number of carbonyl (C=O) groups is 1. The van der Waals surface area contributed by atoms with E-state index in [2.05, 4.69) is 5.32 Å². The first-order valence-electron chi connectivity index (χ1n) is 8.64. The van der Waals surface area contributed by atoms with E-state index in [-0.39, 0.29) is 11.9 Å². The lowest BCUT2D eigenvalue weighted by molar-refractivity contribution is 0.0935. The SMILES string of the molecule is COc1ccc(C(=O)NC(C)Cc2cc3ccccc3o2)c(OC)c1OC. The van der Waals surface area contributed by atoms with E-state index in [1.807, 2.05) is 37.3 Å². The molecule has 6 nitrogen and oxygen atoms in total. The Kier molecular flexibility index (Phi) is 5.54. The molecule has 27 heavy (non-hydrogen) atoms. The monoisotopic (exact) mass is 369 g/mol. The van der Waals surface area contributed by atoms with E-state index >= 15 is 0 Å². The predicted octanol–water partition coefficient (Wildman–Crippen LogP) is 3.82. The van der Waals surface area contributed by atoms with Gasteiger partial charge in [0.15, 0.2) is 11.5 Å². The minimum absolute atomic E-state index is 0.129. The fourth-order valence-electron chi connectivity index (χ4n) is 3.07. The molecule has 1 N–H and O–H groups in total. The maximum absolute atomic E-state index is 12.7. The maximum atomic E-state index is 12.7. The molecule has 1 heterocycles. The largest absolute Gasteiger partial charge is 0.493 e. The summed E-state index contributed by atoms with van der Waals surface area (Å²) in [5.41, 5.74) is 1.22. The molecule has 3 aromatic rings. The molecule has 0 saturated carbocycles. The number of ether oxygens (including phenoxy) is 3. The van der Waals surface area contributed by atoms with Crippen molar-refractivity contribution in [3.63, 3.8) is 0 Å². The van der Waals surface area contributed by atoms with Crippen molar-refractivity contribution >= 4 is 16.9 Å². The van der Waals surface area contributed by atoms with Crippen LogP contribution in [0.1, 0.15) is 23.0 Å². The second-order valence-electron chi connectivity index (χ2n) is 6.21. The van der Waals surface area contributed by atoms with Gasteiger partial charge in [0.1, 0.15) is 11.3 Å². The fourth-order valence-corrected chi connectivity index (χ4v) is 3.07. The first kappa shape index (κ1) is 18.6. The molecule has 0 radical (unpaired) electrons. The number of benzene rings is 2. The molecule has 1 amide bonds. The van der Waals surface area contributed by atoms with Crippen LogP contribution < -0.4 is 19.5 Å². The van der Waals surface area contributed by atoms with Crippen LogP contribution in [0.5, 0.6) is 17.2 Å². The van der Waals surface area contributed by atoms with E-state index in [0.29, 0.717) is 29.2 Å². The topological polar surface area (TPSA) is 69.9 Å². The highest BCUT2D eigenvalue weighted by atomic mass is 16.5. The molecule has 142 valence electrons. The van der Waals surface area contributed by atoms with E-state index in [9.17, 15) is 4.79 Å². The molecule has 2 aromatic carbocycles. The summed E-state index contributed by atoms with van der Waals surface area (Å²) in [7, 11) is 4.53. The molecule has 1 unspecified atom stereocenters. The number of nitrogens with one attached hydrogen (secondary N) is 1. The van der Waals surface area contributed by atoms with Gasteiger partial charge in [0, 0.05) is 17.8 Å². The van der Waals surface area contributed by atoms with E-state index < -0.39 is 0 Å². The van der Waals surface area contributed by atoms with E-state index in [4.69, 9.17) is 18.6 Å². The Balaban J connectivity index is 1.76. The van der Waals surface area contributed by atoms with Crippen LogP contribution >= 0.6 is 0 Å². The summed E-state index contributed by atoms with van der Waals surface area (Å²) < 4.78 is 21.8. The van der Waals surface area contributed by atoms with Crippen LogP contribution in [0.4, 0.5) is 0 Å². The Bertz CT molecular complexity index is 914. The normalized spacial score (nSPS) is 11.9. The van der Waals surface area contributed by atoms with Crippen molar-refractivity contribution in [3.05, 3.63) is 53.8 Å². The molecule has 0 aliphatic heterocycles. The number of hydrogen-bond donors (Lipinski definition) is 1. The van der Waals surface area contributed by atoms with Crippen LogP contribution in [-0.4, -0.2) is 33.3 Å². The first-order valence-corrected chi connectivity index (χ1v) is 8.64. The summed E-state index contributed by atoms with van der Waals surface area (Å²) in [6, 6.07) is 13.0. The fraction of sp³-hybridized carbons (Fsp3) is 0.286. The molecular weight excluding hydrogens is 346 g/mol. The number of fused-ring (bicyclic) bond motifs is 1. The summed E-state index contributed by atoms with van der Waals surface area (Å²) in [4.78, 5) is 12.7. The highest BCUT2D eigenvalue weighted by Gasteiger charge is 2.22. The van der Waals surface area contributed by atoms with Gasteiger partial charge in [-0.25, -0.2) is 0 Å². The minimum Gasteiger partial charge on any atom is -0.493 e. The van der Waals surface area contributed by atoms with Gasteiger partial charge in [0.2, 0.25) is 5.75 Å². The summed E-state index contributed by atoms with van der Waals surface area (Å²) >= 11 is 0. The van der Waals surface area contributed by atoms with Gasteiger partial charge >= 0.3 is 0 Å². The zero-order valence-corrected chi connectivity index (χ0v) is 15.9. The van der Waals surface area contributed by atoms with Crippen molar-refractivity contribution < 1.29 is 23.4 Å². The molecular formula is C21H23NO5. The van der Waals surface area contributed by atoms with Crippen LogP contribution in [0.2, 0.25) is 0 Å². The number of carbonyl (C=O) groups excluding carboxylic acids is 1. The van der Waals surface area contributed by atoms with Crippen molar-refractivity contribution in [1.29, 1.82) is 0 Å². The smallest absolute Gasteiger partial charge is 0.255 e. The molecule has 0 spiro atoms. The Hall–Kier alpha value is -3.15. The van der Waals surface area contributed by atoms with Crippen LogP contribution in [-0.2, 0) is 6.42 Å². The van der Waals surface area contributed by atoms with Gasteiger partial charge < -0.3 is 23.9 Å². The third-order valence-corrected chi connectivity index (χ3v) is 4.31. The van der Waals surface area contributed by atoms with Gasteiger partial charge in [-0.1, -0.05) is 18.2 Å². The van der Waals surface area contributed by atoms with Gasteiger partial charge in [0.25, 0.3) is 5.91 Å². The lowest BCUT2D eigenvalue weighted by atomic mass is 10.1. The van der Waals surface area contributed by atoms with Crippen molar-refractivity contribution in [1.82, 2.24) is 5.32 Å². The van der Waals surface area contributed by atoms with Crippen LogP contribution in [0.25, 0.3) is 11.0 Å². The summed E-state index contributed by atoms with van der Waals surface area (Å²) in [6.45, 7) is 1.93. The zero-order valence-electron chi connectivity index (χ0n) is 15.9. The third-order valence-electron chi connectivity index (χ3n) is 4.31. The van der Waals surface area contributed by atoms with Crippen molar-refractivity contribution in [2.45, 2.75) is 19.4 Å². The number of rotatable bonds is 7. The van der Waals surface area contributed by atoms with Crippen LogP contribution in [0, 0.1) is 0 Å². The minimum atomic E-state index is -0.253. The molecule has 1 aromatic heterocycles. The third kappa shape index (κ3) is 3.84. The number of para-hydroxylation sites is 1. The van der Waals surface area contributed by atoms with Gasteiger partial charge in [-0.3, -0.25) is 4.79 Å². The summed E-state index contributed by atoms with van der Waals surface area (Å²) in [6.07, 6.45) is 0.579. The first-order chi connectivity index (χ1) is 13.1. The predicted molar refractivity (Wildman–Crippen MR) is 103 cm³/mol. The Morgan fingerprint density at radius 3 is 2.44 bits per heavy atom. The van der Waals surface area contributed by atoms with E-state index in [0.717, 1.165) is 16.7 Å².